The number of carbonyl (C=O) groups is 3. The van der Waals surface area contributed by atoms with Crippen LogP contribution in [0, 0.1) is 5.92 Å². The SMILES string of the molecule is CN(C)C(=O)c1cccc(NC(=O)CN2CCN(C(=O)CC3CCCCC3)CC2)c1. The number of hydrogen-bond acceptors (Lipinski definition) is 4. The molecular weight excluding hydrogens is 380 g/mol. The summed E-state index contributed by atoms with van der Waals surface area (Å²) in [4.78, 5) is 42.6. The molecule has 1 heterocycles. The number of carbonyl (C=O) groups excluding carboxylic acids is 3. The van der Waals surface area contributed by atoms with Gasteiger partial charge in [0.2, 0.25) is 11.8 Å². The molecule has 30 heavy (non-hydrogen) atoms. The molecule has 1 aliphatic heterocycles. The fourth-order valence-corrected chi connectivity index (χ4v) is 4.31. The lowest BCUT2D eigenvalue weighted by Gasteiger charge is -2.35. The molecule has 7 nitrogen and oxygen atoms in total. The highest BCUT2D eigenvalue weighted by Crippen LogP contribution is 2.27. The molecule has 2 fully saturated rings. The molecule has 1 aromatic rings. The number of rotatable bonds is 6. The van der Waals surface area contributed by atoms with Crippen molar-refractivity contribution in [3.63, 3.8) is 0 Å². The van der Waals surface area contributed by atoms with Gasteiger partial charge in [-0.2, -0.15) is 0 Å². The Morgan fingerprint density at radius 2 is 1.73 bits per heavy atom. The van der Waals surface area contributed by atoms with Gasteiger partial charge in [-0.05, 0) is 37.0 Å². The first kappa shape index (κ1) is 22.3. The number of nitrogens with one attached hydrogen (secondary N) is 1. The summed E-state index contributed by atoms with van der Waals surface area (Å²) in [5.41, 5.74) is 1.16. The molecule has 0 aromatic heterocycles. The second-order valence-corrected chi connectivity index (χ2v) is 8.69. The highest BCUT2D eigenvalue weighted by Gasteiger charge is 2.25. The van der Waals surface area contributed by atoms with E-state index >= 15 is 0 Å². The van der Waals surface area contributed by atoms with Gasteiger partial charge in [0.1, 0.15) is 0 Å². The Morgan fingerprint density at radius 1 is 1.03 bits per heavy atom. The average Bonchev–Trinajstić information content (AvgIpc) is 2.74. The molecule has 1 aromatic carbocycles. The molecule has 0 bridgehead atoms. The Hall–Kier alpha value is -2.41. The molecular formula is C23H34N4O3. The summed E-state index contributed by atoms with van der Waals surface area (Å²) in [6.45, 7) is 3.08. The molecule has 1 saturated heterocycles. The van der Waals surface area contributed by atoms with Crippen molar-refractivity contribution >= 4 is 23.4 Å². The van der Waals surface area contributed by atoms with Crippen LogP contribution in [0.4, 0.5) is 5.69 Å². The van der Waals surface area contributed by atoms with E-state index in [-0.39, 0.29) is 24.3 Å². The van der Waals surface area contributed by atoms with Crippen LogP contribution in [-0.4, -0.2) is 79.2 Å². The second kappa shape index (κ2) is 10.6. The van der Waals surface area contributed by atoms with Crippen LogP contribution in [0.25, 0.3) is 0 Å². The van der Waals surface area contributed by atoms with Crippen LogP contribution in [0.1, 0.15) is 48.9 Å². The molecule has 0 unspecified atom stereocenters. The Kier molecular flexibility index (Phi) is 7.85. The summed E-state index contributed by atoms with van der Waals surface area (Å²) in [7, 11) is 3.40. The van der Waals surface area contributed by atoms with Crippen molar-refractivity contribution < 1.29 is 14.4 Å². The van der Waals surface area contributed by atoms with Gasteiger partial charge >= 0.3 is 0 Å². The normalized spacial score (nSPS) is 18.1. The molecule has 3 rings (SSSR count). The van der Waals surface area contributed by atoms with Gasteiger partial charge in [-0.25, -0.2) is 0 Å². The van der Waals surface area contributed by atoms with Gasteiger partial charge < -0.3 is 15.1 Å². The second-order valence-electron chi connectivity index (χ2n) is 8.69. The Morgan fingerprint density at radius 3 is 2.40 bits per heavy atom. The molecule has 0 radical (unpaired) electrons. The third-order valence-electron chi connectivity index (χ3n) is 6.08. The first-order valence-electron chi connectivity index (χ1n) is 11.0. The van der Waals surface area contributed by atoms with Gasteiger partial charge in [0.25, 0.3) is 5.91 Å². The largest absolute Gasteiger partial charge is 0.345 e. The topological polar surface area (TPSA) is 73.0 Å². The smallest absolute Gasteiger partial charge is 0.253 e. The summed E-state index contributed by atoms with van der Waals surface area (Å²) in [6, 6.07) is 6.99. The van der Waals surface area contributed by atoms with Crippen LogP contribution in [0.3, 0.4) is 0 Å². The van der Waals surface area contributed by atoms with Crippen molar-refractivity contribution in [3.05, 3.63) is 29.8 Å². The van der Waals surface area contributed by atoms with Crippen LogP contribution in [0.15, 0.2) is 24.3 Å². The maximum absolute atomic E-state index is 12.6. The predicted molar refractivity (Wildman–Crippen MR) is 117 cm³/mol. The lowest BCUT2D eigenvalue weighted by Crippen LogP contribution is -2.50. The summed E-state index contributed by atoms with van der Waals surface area (Å²) < 4.78 is 0. The fourth-order valence-electron chi connectivity index (χ4n) is 4.31. The highest BCUT2D eigenvalue weighted by molar-refractivity contribution is 5.97. The van der Waals surface area contributed by atoms with E-state index in [4.69, 9.17) is 0 Å². The molecule has 1 N–H and O–H groups in total. The summed E-state index contributed by atoms with van der Waals surface area (Å²) in [5, 5.41) is 2.88. The molecule has 3 amide bonds. The standard InChI is InChI=1S/C23H34N4O3/c1-25(2)23(30)19-9-6-10-20(16-19)24-21(28)17-26-11-13-27(14-12-26)22(29)15-18-7-4-3-5-8-18/h6,9-10,16,18H,3-5,7-8,11-15,17H2,1-2H3,(H,24,28). The first-order chi connectivity index (χ1) is 14.4. The minimum atomic E-state index is -0.105. The fraction of sp³-hybridized carbons (Fsp3) is 0.609. The number of anilines is 1. The predicted octanol–water partition coefficient (Wildman–Crippen LogP) is 2.44. The number of nitrogens with zero attached hydrogens (tertiary/aromatic N) is 3. The van der Waals surface area contributed by atoms with E-state index in [0.717, 1.165) is 0 Å². The quantitative estimate of drug-likeness (QED) is 0.776. The number of hydrogen-bond donors (Lipinski definition) is 1. The van der Waals surface area contributed by atoms with Gasteiger partial charge in [-0.1, -0.05) is 25.3 Å². The van der Waals surface area contributed by atoms with Crippen LogP contribution >= 0.6 is 0 Å². The number of benzene rings is 1. The minimum Gasteiger partial charge on any atom is -0.345 e. The van der Waals surface area contributed by atoms with E-state index < -0.39 is 0 Å². The van der Waals surface area contributed by atoms with Crippen LogP contribution in [-0.2, 0) is 9.59 Å². The monoisotopic (exact) mass is 414 g/mol. The molecule has 7 heteroatoms. The van der Waals surface area contributed by atoms with Gasteiger partial charge in [0.05, 0.1) is 6.54 Å². The van der Waals surface area contributed by atoms with Crippen LogP contribution in [0.2, 0.25) is 0 Å². The van der Waals surface area contributed by atoms with Gasteiger partial charge in [0, 0.05) is 57.9 Å². The van der Waals surface area contributed by atoms with Crippen molar-refractivity contribution in [1.82, 2.24) is 14.7 Å². The first-order valence-corrected chi connectivity index (χ1v) is 11.0. The summed E-state index contributed by atoms with van der Waals surface area (Å²) in [5.74, 6) is 0.630. The maximum Gasteiger partial charge on any atom is 0.253 e. The van der Waals surface area contributed by atoms with Crippen molar-refractivity contribution in [2.75, 3.05) is 52.1 Å². The molecule has 0 spiro atoms. The van der Waals surface area contributed by atoms with E-state index in [1.165, 1.54) is 37.0 Å². The Labute approximate surface area is 179 Å². The number of piperazine rings is 1. The minimum absolute atomic E-state index is 0.0971. The lowest BCUT2D eigenvalue weighted by molar-refractivity contribution is -0.134. The van der Waals surface area contributed by atoms with Gasteiger partial charge in [-0.3, -0.25) is 19.3 Å². The maximum atomic E-state index is 12.6. The van der Waals surface area contributed by atoms with E-state index in [1.807, 2.05) is 4.90 Å². The van der Waals surface area contributed by atoms with Crippen molar-refractivity contribution in [2.45, 2.75) is 38.5 Å². The van der Waals surface area contributed by atoms with E-state index in [9.17, 15) is 14.4 Å². The zero-order valence-electron chi connectivity index (χ0n) is 18.2. The highest BCUT2D eigenvalue weighted by atomic mass is 16.2. The molecule has 164 valence electrons. The van der Waals surface area contributed by atoms with E-state index in [0.29, 0.717) is 49.8 Å². The van der Waals surface area contributed by atoms with Crippen molar-refractivity contribution in [1.29, 1.82) is 0 Å². The van der Waals surface area contributed by atoms with Gasteiger partial charge in [-0.15, -0.1) is 0 Å². The molecule has 1 saturated carbocycles. The van der Waals surface area contributed by atoms with Gasteiger partial charge in [0.15, 0.2) is 0 Å². The Bertz CT molecular complexity index is 751. The van der Waals surface area contributed by atoms with Crippen LogP contribution < -0.4 is 5.32 Å². The zero-order valence-corrected chi connectivity index (χ0v) is 18.2. The zero-order chi connectivity index (χ0) is 21.5. The third kappa shape index (κ3) is 6.29. The van der Waals surface area contributed by atoms with Crippen LogP contribution in [0.5, 0.6) is 0 Å². The summed E-state index contributed by atoms with van der Waals surface area (Å²) in [6.07, 6.45) is 6.88. The number of amides is 3. The molecule has 2 aliphatic rings. The summed E-state index contributed by atoms with van der Waals surface area (Å²) >= 11 is 0. The lowest BCUT2D eigenvalue weighted by atomic mass is 9.86. The third-order valence-corrected chi connectivity index (χ3v) is 6.08. The Balaban J connectivity index is 1.42. The van der Waals surface area contributed by atoms with Crippen molar-refractivity contribution in [3.8, 4) is 0 Å². The van der Waals surface area contributed by atoms with E-state index in [1.54, 1.807) is 38.4 Å². The molecule has 0 atom stereocenters. The average molecular weight is 415 g/mol. The van der Waals surface area contributed by atoms with E-state index in [2.05, 4.69) is 10.2 Å². The molecule has 1 aliphatic carbocycles. The van der Waals surface area contributed by atoms with Crippen molar-refractivity contribution in [2.24, 2.45) is 5.92 Å².